The lowest BCUT2D eigenvalue weighted by molar-refractivity contribution is -0.120. The SMILES string of the molecule is COc1ccc(CC(=O)C2C(C)(C)C2(C)C)cc1F. The third-order valence-corrected chi connectivity index (χ3v) is 4.94. The Morgan fingerprint density at radius 1 is 1.26 bits per heavy atom. The van der Waals surface area contributed by atoms with E-state index in [1.165, 1.54) is 13.2 Å². The molecule has 1 aromatic rings. The molecule has 0 atom stereocenters. The number of methoxy groups -OCH3 is 1. The van der Waals surface area contributed by atoms with E-state index in [-0.39, 0.29) is 28.3 Å². The second kappa shape index (κ2) is 4.32. The van der Waals surface area contributed by atoms with E-state index < -0.39 is 5.82 Å². The molecule has 1 saturated carbocycles. The van der Waals surface area contributed by atoms with Gasteiger partial charge in [0.15, 0.2) is 11.6 Å². The van der Waals surface area contributed by atoms with E-state index >= 15 is 0 Å². The fourth-order valence-corrected chi connectivity index (χ4v) is 3.12. The smallest absolute Gasteiger partial charge is 0.165 e. The molecule has 1 aromatic carbocycles. The number of carbonyl (C=O) groups is 1. The van der Waals surface area contributed by atoms with Crippen LogP contribution in [0.1, 0.15) is 33.3 Å². The molecular weight excluding hydrogens is 243 g/mol. The number of halogens is 1. The number of hydrogen-bond donors (Lipinski definition) is 0. The van der Waals surface area contributed by atoms with Gasteiger partial charge in [-0.1, -0.05) is 33.8 Å². The van der Waals surface area contributed by atoms with Crippen molar-refractivity contribution in [2.75, 3.05) is 7.11 Å². The number of carbonyl (C=O) groups excluding carboxylic acids is 1. The minimum absolute atomic E-state index is 0.0368. The molecule has 0 aliphatic heterocycles. The van der Waals surface area contributed by atoms with Gasteiger partial charge >= 0.3 is 0 Å². The maximum atomic E-state index is 13.6. The van der Waals surface area contributed by atoms with Crippen LogP contribution in [0, 0.1) is 22.6 Å². The minimum Gasteiger partial charge on any atom is -0.494 e. The number of hydrogen-bond acceptors (Lipinski definition) is 2. The number of rotatable bonds is 4. The molecule has 1 aliphatic rings. The van der Waals surface area contributed by atoms with Gasteiger partial charge in [0.2, 0.25) is 0 Å². The lowest BCUT2D eigenvalue weighted by Crippen LogP contribution is -2.10. The van der Waals surface area contributed by atoms with Crippen LogP contribution < -0.4 is 4.74 Å². The highest BCUT2D eigenvalue weighted by Gasteiger charge is 2.67. The molecule has 0 amide bonds. The Bertz CT molecular complexity index is 503. The monoisotopic (exact) mass is 264 g/mol. The van der Waals surface area contributed by atoms with Gasteiger partial charge in [0.1, 0.15) is 5.78 Å². The molecule has 1 fully saturated rings. The van der Waals surface area contributed by atoms with Crippen LogP contribution in [0.25, 0.3) is 0 Å². The first-order chi connectivity index (χ1) is 8.71. The van der Waals surface area contributed by atoms with Gasteiger partial charge in [0.05, 0.1) is 7.11 Å². The van der Waals surface area contributed by atoms with Crippen molar-refractivity contribution in [1.29, 1.82) is 0 Å². The molecular formula is C16H21FO2. The lowest BCUT2D eigenvalue weighted by Gasteiger charge is -2.06. The molecule has 0 saturated heterocycles. The van der Waals surface area contributed by atoms with Crippen molar-refractivity contribution in [1.82, 2.24) is 0 Å². The third kappa shape index (κ3) is 2.15. The summed E-state index contributed by atoms with van der Waals surface area (Å²) in [4.78, 5) is 12.3. The van der Waals surface area contributed by atoms with Crippen LogP contribution in [0.2, 0.25) is 0 Å². The van der Waals surface area contributed by atoms with Gasteiger partial charge in [-0.2, -0.15) is 0 Å². The molecule has 0 unspecified atom stereocenters. The van der Waals surface area contributed by atoms with E-state index in [9.17, 15) is 9.18 Å². The average Bonchev–Trinajstić information content (AvgIpc) is 2.69. The summed E-state index contributed by atoms with van der Waals surface area (Å²) in [6.45, 7) is 8.46. The molecule has 2 nitrogen and oxygen atoms in total. The predicted molar refractivity (Wildman–Crippen MR) is 72.7 cm³/mol. The van der Waals surface area contributed by atoms with Crippen molar-refractivity contribution < 1.29 is 13.9 Å². The third-order valence-electron chi connectivity index (χ3n) is 4.94. The minimum atomic E-state index is -0.415. The first-order valence-electron chi connectivity index (χ1n) is 6.57. The summed E-state index contributed by atoms with van der Waals surface area (Å²) < 4.78 is 18.5. The highest BCUT2D eigenvalue weighted by atomic mass is 19.1. The number of ketones is 1. The fourth-order valence-electron chi connectivity index (χ4n) is 3.12. The molecule has 0 aromatic heterocycles. The van der Waals surface area contributed by atoms with E-state index in [4.69, 9.17) is 4.74 Å². The zero-order chi connectivity index (χ0) is 14.4. The maximum absolute atomic E-state index is 13.6. The van der Waals surface area contributed by atoms with E-state index in [0.29, 0.717) is 12.0 Å². The van der Waals surface area contributed by atoms with Gasteiger partial charge in [-0.25, -0.2) is 4.39 Å². The summed E-state index contributed by atoms with van der Waals surface area (Å²) >= 11 is 0. The summed E-state index contributed by atoms with van der Waals surface area (Å²) in [6, 6.07) is 4.71. The number of benzene rings is 1. The molecule has 104 valence electrons. The molecule has 1 aliphatic carbocycles. The average molecular weight is 264 g/mol. The number of Topliss-reactive ketones (excluding diaryl/α,β-unsaturated/α-hetero) is 1. The highest BCUT2D eigenvalue weighted by molar-refractivity contribution is 5.88. The Morgan fingerprint density at radius 2 is 1.84 bits per heavy atom. The zero-order valence-corrected chi connectivity index (χ0v) is 12.2. The maximum Gasteiger partial charge on any atom is 0.165 e. The van der Waals surface area contributed by atoms with Crippen molar-refractivity contribution >= 4 is 5.78 Å². The van der Waals surface area contributed by atoms with Gasteiger partial charge < -0.3 is 4.74 Å². The van der Waals surface area contributed by atoms with Crippen LogP contribution in [0.4, 0.5) is 4.39 Å². The molecule has 2 rings (SSSR count). The second-order valence-electron chi connectivity index (χ2n) is 6.49. The first kappa shape index (κ1) is 14.0. The van der Waals surface area contributed by atoms with E-state index in [0.717, 1.165) is 0 Å². The standard InChI is InChI=1S/C16H21FO2/c1-15(2)14(16(15,3)4)12(18)9-10-6-7-13(19-5)11(17)8-10/h6-8,14H,9H2,1-5H3. The van der Waals surface area contributed by atoms with Crippen LogP contribution in [0.3, 0.4) is 0 Å². The Morgan fingerprint density at radius 3 is 2.26 bits per heavy atom. The van der Waals surface area contributed by atoms with Crippen LogP contribution in [-0.4, -0.2) is 12.9 Å². The normalized spacial score (nSPS) is 20.1. The fraction of sp³-hybridized carbons (Fsp3) is 0.562. The van der Waals surface area contributed by atoms with E-state index in [1.54, 1.807) is 12.1 Å². The quantitative estimate of drug-likeness (QED) is 0.830. The molecule has 19 heavy (non-hydrogen) atoms. The van der Waals surface area contributed by atoms with Crippen molar-refractivity contribution in [2.24, 2.45) is 16.7 Å². The summed E-state index contributed by atoms with van der Waals surface area (Å²) in [5.41, 5.74) is 0.784. The summed E-state index contributed by atoms with van der Waals surface area (Å²) in [7, 11) is 1.43. The first-order valence-corrected chi connectivity index (χ1v) is 6.57. The van der Waals surface area contributed by atoms with Crippen molar-refractivity contribution in [2.45, 2.75) is 34.1 Å². The molecule has 0 spiro atoms. The highest BCUT2D eigenvalue weighted by Crippen LogP contribution is 2.68. The largest absolute Gasteiger partial charge is 0.494 e. The van der Waals surface area contributed by atoms with Crippen LogP contribution in [-0.2, 0) is 11.2 Å². The van der Waals surface area contributed by atoms with Crippen LogP contribution >= 0.6 is 0 Å². The number of ether oxygens (including phenoxy) is 1. The van der Waals surface area contributed by atoms with E-state index in [2.05, 4.69) is 27.7 Å². The molecule has 0 N–H and O–H groups in total. The van der Waals surface area contributed by atoms with Crippen molar-refractivity contribution in [3.05, 3.63) is 29.6 Å². The van der Waals surface area contributed by atoms with Crippen molar-refractivity contribution in [3.8, 4) is 5.75 Å². The zero-order valence-electron chi connectivity index (χ0n) is 12.2. The molecule has 3 heteroatoms. The summed E-state index contributed by atoms with van der Waals surface area (Å²) in [5.74, 6) is 0.0510. The van der Waals surface area contributed by atoms with Crippen LogP contribution in [0.5, 0.6) is 5.75 Å². The Balaban J connectivity index is 2.11. The van der Waals surface area contributed by atoms with Gasteiger partial charge in [0, 0.05) is 12.3 Å². The summed E-state index contributed by atoms with van der Waals surface area (Å²) in [5, 5.41) is 0. The van der Waals surface area contributed by atoms with Gasteiger partial charge in [-0.15, -0.1) is 0 Å². The Hall–Kier alpha value is -1.38. The Labute approximate surface area is 114 Å². The van der Waals surface area contributed by atoms with Gasteiger partial charge in [0.25, 0.3) is 0 Å². The van der Waals surface area contributed by atoms with Crippen LogP contribution in [0.15, 0.2) is 18.2 Å². The van der Waals surface area contributed by atoms with Gasteiger partial charge in [-0.05, 0) is 28.5 Å². The summed E-state index contributed by atoms with van der Waals surface area (Å²) in [6.07, 6.45) is 0.290. The van der Waals surface area contributed by atoms with E-state index in [1.807, 2.05) is 0 Å². The van der Waals surface area contributed by atoms with Gasteiger partial charge in [-0.3, -0.25) is 4.79 Å². The molecule has 0 heterocycles. The predicted octanol–water partition coefficient (Wildman–Crippen LogP) is 3.63. The Kier molecular flexibility index (Phi) is 3.20. The second-order valence-corrected chi connectivity index (χ2v) is 6.49. The molecule has 0 bridgehead atoms. The molecule has 0 radical (unpaired) electrons. The topological polar surface area (TPSA) is 26.3 Å². The van der Waals surface area contributed by atoms with Crippen molar-refractivity contribution in [3.63, 3.8) is 0 Å². The lowest BCUT2D eigenvalue weighted by atomic mass is 10.0.